The Morgan fingerprint density at radius 3 is 1.88 bits per heavy atom. The quantitative estimate of drug-likeness (QED) is 0.0175. The molecule has 73 heavy (non-hydrogen) atoms. The van der Waals surface area contributed by atoms with Crippen molar-refractivity contribution < 1.29 is 35.9 Å². The number of amides is 2. The van der Waals surface area contributed by atoms with Crippen molar-refractivity contribution in [2.75, 3.05) is 40.3 Å². The van der Waals surface area contributed by atoms with Crippen LogP contribution in [0.1, 0.15) is 90.7 Å². The summed E-state index contributed by atoms with van der Waals surface area (Å²) in [5, 5.41) is 36.6. The fraction of sp³-hybridized carbons (Fsp3) is 0.333. The number of aromatic nitrogens is 6. The molecular formula is C48H53BrClF6N15O2. The van der Waals surface area contributed by atoms with Gasteiger partial charge in [-0.25, -0.2) is 11.7 Å². The molecule has 0 aliphatic carbocycles. The van der Waals surface area contributed by atoms with Crippen molar-refractivity contribution in [3.05, 3.63) is 138 Å². The van der Waals surface area contributed by atoms with Gasteiger partial charge in [-0.1, -0.05) is 41.4 Å². The summed E-state index contributed by atoms with van der Waals surface area (Å²) in [6, 6.07) is 7.18. The minimum Gasteiger partial charge on any atom is -0.322 e. The molecule has 2 aromatic carbocycles. The maximum atomic E-state index is 14.2. The summed E-state index contributed by atoms with van der Waals surface area (Å²) in [5.74, 6) is 11.8. The second kappa shape index (κ2) is 22.6. The second-order valence-corrected chi connectivity index (χ2v) is 18.9. The molecule has 2 amide bonds. The number of carbonyl (C=O) groups excluding carboxylic acids is 2. The second-order valence-electron chi connectivity index (χ2n) is 17.7. The van der Waals surface area contributed by atoms with Gasteiger partial charge in [0, 0.05) is 77.3 Å². The third-order valence-electron chi connectivity index (χ3n) is 11.8. The largest absolute Gasteiger partial charge is 0.417 e. The van der Waals surface area contributed by atoms with E-state index in [1.807, 2.05) is 13.8 Å². The topological polar surface area (TPSA) is 238 Å². The van der Waals surface area contributed by atoms with Crippen LogP contribution in [0.15, 0.2) is 65.7 Å². The van der Waals surface area contributed by atoms with E-state index in [1.165, 1.54) is 66.0 Å². The van der Waals surface area contributed by atoms with Crippen LogP contribution in [0.4, 0.5) is 49.1 Å². The molecule has 0 aliphatic heterocycles. The first kappa shape index (κ1) is 55.6. The maximum absolute atomic E-state index is 14.2. The molecule has 0 atom stereocenters. The van der Waals surface area contributed by atoms with Gasteiger partial charge < -0.3 is 36.8 Å². The van der Waals surface area contributed by atoms with Crippen LogP contribution in [-0.2, 0) is 38.9 Å². The van der Waals surface area contributed by atoms with E-state index in [0.717, 1.165) is 12.1 Å². The smallest absolute Gasteiger partial charge is 0.322 e. The Hall–Kier alpha value is -6.73. The van der Waals surface area contributed by atoms with E-state index in [9.17, 15) is 35.9 Å². The van der Waals surface area contributed by atoms with E-state index in [2.05, 4.69) is 52.0 Å². The van der Waals surface area contributed by atoms with Crippen LogP contribution in [0.2, 0.25) is 5.02 Å². The monoisotopic (exact) mass is 1100 g/mol. The Balaban J connectivity index is 1.21. The van der Waals surface area contributed by atoms with Crippen LogP contribution in [0.5, 0.6) is 0 Å². The van der Waals surface area contributed by atoms with Crippen molar-refractivity contribution in [2.24, 2.45) is 24.7 Å². The molecule has 0 unspecified atom stereocenters. The third-order valence-corrected chi connectivity index (χ3v) is 13.1. The summed E-state index contributed by atoms with van der Waals surface area (Å²) in [7, 11) is 1.73. The molecule has 4 aromatic heterocycles. The van der Waals surface area contributed by atoms with Crippen LogP contribution in [0.25, 0.3) is 0 Å². The first-order valence-corrected chi connectivity index (χ1v) is 23.6. The highest BCUT2D eigenvalue weighted by Crippen LogP contribution is 2.39. The fourth-order valence-electron chi connectivity index (χ4n) is 7.68. The molecule has 9 N–H and O–H groups in total. The lowest BCUT2D eigenvalue weighted by atomic mass is 10.1. The fourth-order valence-corrected chi connectivity index (χ4v) is 8.42. The zero-order valence-electron chi connectivity index (χ0n) is 40.7. The van der Waals surface area contributed by atoms with Gasteiger partial charge in [-0.2, -0.15) is 36.5 Å². The van der Waals surface area contributed by atoms with E-state index in [0.29, 0.717) is 40.4 Å². The Labute approximate surface area is 429 Å². The average molecular weight is 1100 g/mol. The van der Waals surface area contributed by atoms with Gasteiger partial charge in [-0.05, 0) is 87.7 Å². The number of halogens is 8. The molecule has 4 heterocycles. The molecule has 0 saturated heterocycles. The summed E-state index contributed by atoms with van der Waals surface area (Å²) in [4.78, 5) is 35.9. The predicted octanol–water partition coefficient (Wildman–Crippen LogP) is 9.08. The first-order valence-electron chi connectivity index (χ1n) is 22.4. The molecule has 0 spiro atoms. The lowest BCUT2D eigenvalue weighted by molar-refractivity contribution is -0.138. The van der Waals surface area contributed by atoms with Crippen LogP contribution >= 0.6 is 27.5 Å². The predicted molar refractivity (Wildman–Crippen MR) is 271 cm³/mol. The third kappa shape index (κ3) is 13.3. The number of hydrogen-bond donors (Lipinski definition) is 7. The number of nitrogens with two attached hydrogens (primary N) is 2. The molecule has 388 valence electrons. The summed E-state index contributed by atoms with van der Waals surface area (Å²) in [5.41, 5.74) is 1.45. The highest BCUT2D eigenvalue weighted by atomic mass is 79.9. The molecule has 0 saturated carbocycles. The Morgan fingerprint density at radius 1 is 0.767 bits per heavy atom. The average Bonchev–Trinajstić information content (AvgIpc) is 3.85. The molecule has 0 radical (unpaired) electrons. The molecule has 6 aromatic rings. The first-order chi connectivity index (χ1) is 34.1. The number of pyridine rings is 2. The minimum absolute atomic E-state index is 0.00103. The zero-order valence-corrected chi connectivity index (χ0v) is 43.0. The number of alkyl halides is 6. The number of nitrogens with zero attached hydrogens (tertiary/aromatic N) is 8. The number of benzene rings is 2. The minimum atomic E-state index is -4.82. The van der Waals surface area contributed by atoms with Crippen molar-refractivity contribution >= 4 is 73.5 Å². The number of nitrogens with one attached hydrogen (secondary N) is 5. The number of carbonyl (C=O) groups is 2. The molecule has 0 bridgehead atoms. The Kier molecular flexibility index (Phi) is 17.2. The summed E-state index contributed by atoms with van der Waals surface area (Å²) < 4.78 is 86.9. The van der Waals surface area contributed by atoms with E-state index in [4.69, 9.17) is 34.1 Å². The van der Waals surface area contributed by atoms with Crippen LogP contribution in [0.3, 0.4) is 0 Å². The van der Waals surface area contributed by atoms with Gasteiger partial charge in [0.25, 0.3) is 11.8 Å². The van der Waals surface area contributed by atoms with E-state index in [-0.39, 0.29) is 99.4 Å². The van der Waals surface area contributed by atoms with Gasteiger partial charge in [-0.3, -0.25) is 28.9 Å². The van der Waals surface area contributed by atoms with Crippen molar-refractivity contribution in [1.82, 2.24) is 34.8 Å². The number of hydrogen-bond acceptors (Lipinski definition) is 13. The van der Waals surface area contributed by atoms with E-state index < -0.39 is 40.3 Å². The zero-order chi connectivity index (χ0) is 53.9. The van der Waals surface area contributed by atoms with Crippen molar-refractivity contribution in [3.8, 4) is 0 Å². The molecular weight excluding hydrogens is 1050 g/mol. The van der Waals surface area contributed by atoms with Crippen LogP contribution in [-0.4, -0.2) is 72.4 Å². The van der Waals surface area contributed by atoms with E-state index >= 15 is 0 Å². The molecule has 0 fully saturated rings. The van der Waals surface area contributed by atoms with Crippen LogP contribution in [0, 0.1) is 44.4 Å². The normalized spacial score (nSPS) is 11.8. The van der Waals surface area contributed by atoms with Gasteiger partial charge in [0.1, 0.15) is 0 Å². The summed E-state index contributed by atoms with van der Waals surface area (Å²) >= 11 is 9.35. The SMILES string of the molecule is Cc1ncc(C(=O)Nc2cc(Br)c(C)c(C(F)(F)F)c2)cc1N(N)CC(=N)c1cnn(CCc2ncc(C(=O)Nc3cc(CNCC(C)C)c(Cl)c(C(F)(F)F)c3)cc2N(N)CC(=N)c2cnn(C)c2C)c1C. The molecule has 25 heteroatoms. The van der Waals surface area contributed by atoms with Gasteiger partial charge in [0.05, 0.1) is 86.9 Å². The standard InChI is InChI=1S/C48H53BrClF6N15O2/c1-24(2)16-61-17-29-10-32(14-37(44(29)50)48(54,55)56)66-46(73)31-12-43(70(60)23-39(57)34-20-64-68(7)27(34)5)41(63-19-31)8-9-71-28(6)35(21-65-71)40(58)22-69(59)42-11-30(18-62-26(42)4)45(72)67-33-13-36(47(51,52)53)25(3)38(49)15-33/h10-15,18-21,24,57-58,61H,8-9,16-17,22-23,59-60H2,1-7H3,(H,66,73)(H,67,72). The van der Waals surface area contributed by atoms with E-state index in [1.54, 1.807) is 37.2 Å². The molecule has 0 aliphatic rings. The van der Waals surface area contributed by atoms with Gasteiger partial charge in [0.15, 0.2) is 0 Å². The molecule has 6 rings (SSSR count). The van der Waals surface area contributed by atoms with Gasteiger partial charge in [-0.15, -0.1) is 0 Å². The lowest BCUT2D eigenvalue weighted by Crippen LogP contribution is -2.37. The van der Waals surface area contributed by atoms with Crippen molar-refractivity contribution in [2.45, 2.75) is 73.4 Å². The van der Waals surface area contributed by atoms with Crippen LogP contribution < -0.4 is 37.7 Å². The van der Waals surface area contributed by atoms with Crippen molar-refractivity contribution in [3.63, 3.8) is 0 Å². The lowest BCUT2D eigenvalue weighted by Gasteiger charge is -2.23. The Bertz CT molecular complexity index is 3080. The summed E-state index contributed by atoms with van der Waals surface area (Å²) in [6.07, 6.45) is -3.77. The Morgan fingerprint density at radius 2 is 1.30 bits per heavy atom. The summed E-state index contributed by atoms with van der Waals surface area (Å²) in [6.45, 7) is 10.8. The van der Waals surface area contributed by atoms with Gasteiger partial charge >= 0.3 is 12.4 Å². The maximum Gasteiger partial charge on any atom is 0.417 e. The number of aryl methyl sites for hydroxylation is 4. The number of anilines is 4. The highest BCUT2D eigenvalue weighted by Gasteiger charge is 2.36. The highest BCUT2D eigenvalue weighted by molar-refractivity contribution is 9.10. The number of hydrazine groups is 2. The van der Waals surface area contributed by atoms with Crippen molar-refractivity contribution in [1.29, 1.82) is 10.8 Å². The number of rotatable bonds is 19. The molecule has 17 nitrogen and oxygen atoms in total. The van der Waals surface area contributed by atoms with Gasteiger partial charge in [0.2, 0.25) is 0 Å².